The standard InChI is InChI=1S/C12H16N2O4/c1-18-8(6-11(15)16)7-14-12(17)9-4-2-3-5-10(9)13/h2-5,8H,6-7,13H2,1H3,(H,14,17)(H,15,16). The first-order valence-electron chi connectivity index (χ1n) is 5.42. The third-order valence-corrected chi connectivity index (χ3v) is 2.43. The molecule has 0 aromatic heterocycles. The van der Waals surface area contributed by atoms with Crippen LogP contribution in [0.2, 0.25) is 0 Å². The van der Waals surface area contributed by atoms with Gasteiger partial charge in [0.25, 0.3) is 5.91 Å². The third-order valence-electron chi connectivity index (χ3n) is 2.43. The first-order chi connectivity index (χ1) is 8.54. The Morgan fingerprint density at radius 1 is 1.44 bits per heavy atom. The number of carbonyl (C=O) groups is 2. The summed E-state index contributed by atoms with van der Waals surface area (Å²) in [5, 5.41) is 11.2. The molecule has 0 saturated heterocycles. The summed E-state index contributed by atoms with van der Waals surface area (Å²) in [5.41, 5.74) is 6.40. The van der Waals surface area contributed by atoms with Gasteiger partial charge in [-0.2, -0.15) is 0 Å². The third kappa shape index (κ3) is 4.06. The molecule has 1 atom stereocenters. The molecule has 1 rings (SSSR count). The lowest BCUT2D eigenvalue weighted by Gasteiger charge is -2.14. The Labute approximate surface area is 105 Å². The van der Waals surface area contributed by atoms with Crippen molar-refractivity contribution in [2.75, 3.05) is 19.4 Å². The molecule has 4 N–H and O–H groups in total. The number of benzene rings is 1. The summed E-state index contributed by atoms with van der Waals surface area (Å²) in [6, 6.07) is 6.66. The van der Waals surface area contributed by atoms with Gasteiger partial charge in [-0.3, -0.25) is 9.59 Å². The summed E-state index contributed by atoms with van der Waals surface area (Å²) < 4.78 is 4.95. The average Bonchev–Trinajstić information content (AvgIpc) is 2.34. The highest BCUT2D eigenvalue weighted by Gasteiger charge is 2.15. The van der Waals surface area contributed by atoms with Crippen LogP contribution in [-0.2, 0) is 9.53 Å². The fraction of sp³-hybridized carbons (Fsp3) is 0.333. The van der Waals surface area contributed by atoms with E-state index >= 15 is 0 Å². The summed E-state index contributed by atoms with van der Waals surface area (Å²) in [6.45, 7) is 0.121. The molecule has 1 unspecified atom stereocenters. The monoisotopic (exact) mass is 252 g/mol. The first kappa shape index (κ1) is 14.0. The zero-order valence-electron chi connectivity index (χ0n) is 10.1. The number of nitrogens with one attached hydrogen (secondary N) is 1. The summed E-state index contributed by atoms with van der Waals surface area (Å²) in [7, 11) is 1.40. The fourth-order valence-corrected chi connectivity index (χ4v) is 1.44. The van der Waals surface area contributed by atoms with Crippen molar-refractivity contribution in [3.05, 3.63) is 29.8 Å². The van der Waals surface area contributed by atoms with E-state index in [4.69, 9.17) is 15.6 Å². The highest BCUT2D eigenvalue weighted by molar-refractivity contribution is 5.99. The number of ether oxygens (including phenoxy) is 1. The number of nitrogen functional groups attached to an aromatic ring is 1. The van der Waals surface area contributed by atoms with E-state index in [0.29, 0.717) is 11.3 Å². The molecule has 1 aromatic rings. The van der Waals surface area contributed by atoms with E-state index in [9.17, 15) is 9.59 Å². The SMILES string of the molecule is COC(CNC(=O)c1ccccc1N)CC(=O)O. The number of amides is 1. The number of hydrogen-bond donors (Lipinski definition) is 3. The lowest BCUT2D eigenvalue weighted by atomic mass is 10.1. The van der Waals surface area contributed by atoms with Crippen molar-refractivity contribution < 1.29 is 19.4 Å². The molecule has 1 amide bonds. The van der Waals surface area contributed by atoms with Gasteiger partial charge in [0.15, 0.2) is 0 Å². The molecule has 0 bridgehead atoms. The van der Waals surface area contributed by atoms with Crippen LogP contribution < -0.4 is 11.1 Å². The predicted octanol–water partition coefficient (Wildman–Crippen LogP) is 0.488. The minimum Gasteiger partial charge on any atom is -0.481 e. The minimum absolute atomic E-state index is 0.121. The van der Waals surface area contributed by atoms with Crippen molar-refractivity contribution in [3.8, 4) is 0 Å². The maximum Gasteiger partial charge on any atom is 0.306 e. The number of para-hydroxylation sites is 1. The molecule has 98 valence electrons. The van der Waals surface area contributed by atoms with Gasteiger partial charge in [0.05, 0.1) is 18.1 Å². The van der Waals surface area contributed by atoms with Gasteiger partial charge in [0.1, 0.15) is 0 Å². The van der Waals surface area contributed by atoms with Crippen molar-refractivity contribution in [2.45, 2.75) is 12.5 Å². The summed E-state index contributed by atoms with van der Waals surface area (Å²) >= 11 is 0. The van der Waals surface area contributed by atoms with Crippen LogP contribution in [0.25, 0.3) is 0 Å². The van der Waals surface area contributed by atoms with Crippen molar-refractivity contribution in [1.82, 2.24) is 5.32 Å². The van der Waals surface area contributed by atoms with Crippen molar-refractivity contribution in [3.63, 3.8) is 0 Å². The number of carboxylic acid groups (broad SMARTS) is 1. The molecule has 0 aliphatic carbocycles. The van der Waals surface area contributed by atoms with E-state index in [1.54, 1.807) is 24.3 Å². The van der Waals surface area contributed by atoms with Crippen molar-refractivity contribution >= 4 is 17.6 Å². The molecule has 6 heteroatoms. The number of aliphatic carboxylic acids is 1. The summed E-state index contributed by atoms with van der Waals surface area (Å²) in [4.78, 5) is 22.3. The van der Waals surface area contributed by atoms with E-state index in [2.05, 4.69) is 5.32 Å². The molecule has 0 heterocycles. The van der Waals surface area contributed by atoms with Gasteiger partial charge < -0.3 is 20.9 Å². The molecule has 0 saturated carbocycles. The number of nitrogens with two attached hydrogens (primary N) is 1. The van der Waals surface area contributed by atoms with Crippen LogP contribution in [0.5, 0.6) is 0 Å². The Kier molecular flexibility index (Phi) is 5.13. The van der Waals surface area contributed by atoms with E-state index < -0.39 is 12.1 Å². The van der Waals surface area contributed by atoms with Gasteiger partial charge in [-0.05, 0) is 12.1 Å². The Hall–Kier alpha value is -2.08. The maximum absolute atomic E-state index is 11.8. The van der Waals surface area contributed by atoms with Crippen LogP contribution >= 0.6 is 0 Å². The summed E-state index contributed by atoms with van der Waals surface area (Å²) in [5.74, 6) is -1.32. The van der Waals surface area contributed by atoms with E-state index in [1.807, 2.05) is 0 Å². The van der Waals surface area contributed by atoms with Crippen LogP contribution in [0.3, 0.4) is 0 Å². The summed E-state index contributed by atoms with van der Waals surface area (Å²) in [6.07, 6.45) is -0.725. The number of methoxy groups -OCH3 is 1. The molecular formula is C12H16N2O4. The van der Waals surface area contributed by atoms with Crippen molar-refractivity contribution in [2.24, 2.45) is 0 Å². The van der Waals surface area contributed by atoms with E-state index in [0.717, 1.165) is 0 Å². The van der Waals surface area contributed by atoms with Crippen LogP contribution in [0, 0.1) is 0 Å². The lowest BCUT2D eigenvalue weighted by Crippen LogP contribution is -2.34. The molecule has 0 aliphatic heterocycles. The average molecular weight is 252 g/mol. The van der Waals surface area contributed by atoms with Gasteiger partial charge in [-0.1, -0.05) is 12.1 Å². The highest BCUT2D eigenvalue weighted by atomic mass is 16.5. The predicted molar refractivity (Wildman–Crippen MR) is 66.2 cm³/mol. The molecule has 1 aromatic carbocycles. The second-order valence-electron chi connectivity index (χ2n) is 3.75. The fourth-order valence-electron chi connectivity index (χ4n) is 1.44. The Morgan fingerprint density at radius 2 is 2.11 bits per heavy atom. The number of carboxylic acids is 1. The molecule has 0 fully saturated rings. The van der Waals surface area contributed by atoms with Crippen LogP contribution in [0.1, 0.15) is 16.8 Å². The Bertz CT molecular complexity index is 434. The second kappa shape index (κ2) is 6.61. The van der Waals surface area contributed by atoms with Gasteiger partial charge in [0.2, 0.25) is 0 Å². The lowest BCUT2D eigenvalue weighted by molar-refractivity contribution is -0.139. The molecule has 18 heavy (non-hydrogen) atoms. The van der Waals surface area contributed by atoms with Crippen molar-refractivity contribution in [1.29, 1.82) is 0 Å². The highest BCUT2D eigenvalue weighted by Crippen LogP contribution is 2.10. The molecular weight excluding hydrogens is 236 g/mol. The van der Waals surface area contributed by atoms with Gasteiger partial charge in [0, 0.05) is 19.3 Å². The van der Waals surface area contributed by atoms with Gasteiger partial charge in [-0.25, -0.2) is 0 Å². The first-order valence-corrected chi connectivity index (χ1v) is 5.42. The normalized spacial score (nSPS) is 11.8. The number of carbonyl (C=O) groups excluding carboxylic acids is 1. The minimum atomic E-state index is -0.977. The number of anilines is 1. The van der Waals surface area contributed by atoms with E-state index in [1.165, 1.54) is 7.11 Å². The Balaban J connectivity index is 2.55. The molecule has 0 spiro atoms. The smallest absolute Gasteiger partial charge is 0.306 e. The van der Waals surface area contributed by atoms with Gasteiger partial charge >= 0.3 is 5.97 Å². The zero-order valence-corrected chi connectivity index (χ0v) is 10.1. The number of hydrogen-bond acceptors (Lipinski definition) is 4. The largest absolute Gasteiger partial charge is 0.481 e. The Morgan fingerprint density at radius 3 is 2.67 bits per heavy atom. The molecule has 0 aliphatic rings. The van der Waals surface area contributed by atoms with E-state index in [-0.39, 0.29) is 18.9 Å². The molecule has 0 radical (unpaired) electrons. The van der Waals surface area contributed by atoms with Gasteiger partial charge in [-0.15, -0.1) is 0 Å². The quantitative estimate of drug-likeness (QED) is 0.639. The zero-order chi connectivity index (χ0) is 13.5. The van der Waals surface area contributed by atoms with Crippen LogP contribution in [0.15, 0.2) is 24.3 Å². The molecule has 6 nitrogen and oxygen atoms in total. The topological polar surface area (TPSA) is 102 Å². The van der Waals surface area contributed by atoms with Crippen LogP contribution in [-0.4, -0.2) is 36.7 Å². The maximum atomic E-state index is 11.8. The second-order valence-corrected chi connectivity index (χ2v) is 3.75. The van der Waals surface area contributed by atoms with Crippen LogP contribution in [0.4, 0.5) is 5.69 Å². The number of rotatable bonds is 6.